The molecule has 6 nitrogen and oxygen atoms in total. The van der Waals surface area contributed by atoms with E-state index in [-0.39, 0.29) is 24.0 Å². The Kier molecular flexibility index (Phi) is 5.92. The molecule has 1 aliphatic carbocycles. The number of likely N-dealkylation sites (tertiary alicyclic amines) is 1. The summed E-state index contributed by atoms with van der Waals surface area (Å²) in [5.41, 5.74) is 0. The Morgan fingerprint density at radius 2 is 2.17 bits per heavy atom. The summed E-state index contributed by atoms with van der Waals surface area (Å²) in [6.45, 7) is 2.77. The van der Waals surface area contributed by atoms with Crippen LogP contribution < -0.4 is 5.32 Å². The third-order valence-corrected chi connectivity index (χ3v) is 5.32. The smallest absolute Gasteiger partial charge is 0.223 e. The molecular formula is C18H28N2O4. The van der Waals surface area contributed by atoms with Crippen molar-refractivity contribution >= 4 is 5.91 Å². The van der Waals surface area contributed by atoms with Crippen LogP contribution >= 0.6 is 0 Å². The Balaban J connectivity index is 1.41. The molecule has 2 fully saturated rings. The van der Waals surface area contributed by atoms with Crippen LogP contribution in [0.4, 0.5) is 0 Å². The number of aliphatic hydroxyl groups excluding tert-OH is 1. The minimum atomic E-state index is -0.441. The number of nitrogens with zero attached hydrogens (tertiary/aromatic N) is 1. The number of rotatable bonds is 5. The molecule has 0 bridgehead atoms. The monoisotopic (exact) mass is 336 g/mol. The summed E-state index contributed by atoms with van der Waals surface area (Å²) in [5.74, 6) is 1.07. The average Bonchev–Trinajstić information content (AvgIpc) is 3.10. The van der Waals surface area contributed by atoms with Gasteiger partial charge in [0.15, 0.2) is 0 Å². The molecule has 6 heteroatoms. The fourth-order valence-electron chi connectivity index (χ4n) is 3.78. The molecule has 24 heavy (non-hydrogen) atoms. The molecule has 134 valence electrons. The molecule has 3 atom stereocenters. The van der Waals surface area contributed by atoms with E-state index >= 15 is 0 Å². The summed E-state index contributed by atoms with van der Waals surface area (Å²) >= 11 is 0. The maximum atomic E-state index is 12.5. The molecule has 1 saturated carbocycles. The van der Waals surface area contributed by atoms with Crippen molar-refractivity contribution < 1.29 is 19.1 Å². The van der Waals surface area contributed by atoms with Crippen LogP contribution in [0.25, 0.3) is 0 Å². The predicted octanol–water partition coefficient (Wildman–Crippen LogP) is 1.54. The SMILES string of the molecule is CO[C@@H]1C[C@H](C(=O)NC2CCN(Cc3ccco3)CC2)CC[C@@H]1O. The van der Waals surface area contributed by atoms with Crippen LogP contribution in [-0.2, 0) is 16.1 Å². The predicted molar refractivity (Wildman–Crippen MR) is 89.3 cm³/mol. The van der Waals surface area contributed by atoms with Gasteiger partial charge in [-0.15, -0.1) is 0 Å². The second-order valence-corrected chi connectivity index (χ2v) is 6.99. The van der Waals surface area contributed by atoms with E-state index in [9.17, 15) is 9.90 Å². The number of methoxy groups -OCH3 is 1. The molecule has 0 unspecified atom stereocenters. The Morgan fingerprint density at radius 3 is 2.83 bits per heavy atom. The van der Waals surface area contributed by atoms with Crippen molar-refractivity contribution in [3.8, 4) is 0 Å². The number of aliphatic hydroxyl groups is 1. The van der Waals surface area contributed by atoms with Crippen molar-refractivity contribution in [2.45, 2.75) is 56.9 Å². The second kappa shape index (κ2) is 8.14. The fourth-order valence-corrected chi connectivity index (χ4v) is 3.78. The van der Waals surface area contributed by atoms with E-state index in [1.807, 2.05) is 12.1 Å². The van der Waals surface area contributed by atoms with Crippen LogP contribution in [-0.4, -0.2) is 54.4 Å². The standard InChI is InChI=1S/C18H28N2O4/c1-23-17-11-13(4-5-16(17)21)18(22)19-14-6-8-20(9-7-14)12-15-3-2-10-24-15/h2-3,10,13-14,16-17,21H,4-9,11-12H2,1H3,(H,19,22)/t13-,16+,17-/m1/s1. The summed E-state index contributed by atoms with van der Waals surface area (Å²) < 4.78 is 10.7. The number of carbonyl (C=O) groups is 1. The van der Waals surface area contributed by atoms with Gasteiger partial charge in [0.1, 0.15) is 5.76 Å². The highest BCUT2D eigenvalue weighted by Gasteiger charge is 2.34. The molecule has 1 aliphatic heterocycles. The topological polar surface area (TPSA) is 74.9 Å². The quantitative estimate of drug-likeness (QED) is 0.853. The lowest BCUT2D eigenvalue weighted by Crippen LogP contribution is -2.48. The first kappa shape index (κ1) is 17.5. The second-order valence-electron chi connectivity index (χ2n) is 6.99. The molecule has 1 aromatic rings. The lowest BCUT2D eigenvalue weighted by atomic mass is 9.84. The third-order valence-electron chi connectivity index (χ3n) is 5.32. The summed E-state index contributed by atoms with van der Waals surface area (Å²) in [4.78, 5) is 14.9. The highest BCUT2D eigenvalue weighted by Crippen LogP contribution is 2.27. The maximum Gasteiger partial charge on any atom is 0.223 e. The molecule has 2 N–H and O–H groups in total. The van der Waals surface area contributed by atoms with Crippen molar-refractivity contribution in [2.75, 3.05) is 20.2 Å². The van der Waals surface area contributed by atoms with E-state index in [1.165, 1.54) is 0 Å². The summed E-state index contributed by atoms with van der Waals surface area (Å²) in [6, 6.07) is 4.16. The molecule has 1 saturated heterocycles. The zero-order valence-electron chi connectivity index (χ0n) is 14.3. The zero-order valence-corrected chi connectivity index (χ0v) is 14.3. The summed E-state index contributed by atoms with van der Waals surface area (Å²) in [6.07, 6.45) is 4.97. The Hall–Kier alpha value is -1.37. The van der Waals surface area contributed by atoms with Crippen LogP contribution in [0.5, 0.6) is 0 Å². The van der Waals surface area contributed by atoms with Crippen molar-refractivity contribution in [1.82, 2.24) is 10.2 Å². The van der Waals surface area contributed by atoms with E-state index in [4.69, 9.17) is 9.15 Å². The largest absolute Gasteiger partial charge is 0.468 e. The molecule has 2 aliphatic rings. The lowest BCUT2D eigenvalue weighted by molar-refractivity contribution is -0.131. The van der Waals surface area contributed by atoms with Crippen LogP contribution in [0, 0.1) is 5.92 Å². The van der Waals surface area contributed by atoms with E-state index < -0.39 is 6.10 Å². The summed E-state index contributed by atoms with van der Waals surface area (Å²) in [7, 11) is 1.60. The molecular weight excluding hydrogens is 308 g/mol. The minimum Gasteiger partial charge on any atom is -0.468 e. The van der Waals surface area contributed by atoms with Crippen LogP contribution in [0.1, 0.15) is 37.9 Å². The van der Waals surface area contributed by atoms with Crippen LogP contribution in [0.2, 0.25) is 0 Å². The van der Waals surface area contributed by atoms with Crippen molar-refractivity contribution in [1.29, 1.82) is 0 Å². The molecule has 1 amide bonds. The molecule has 1 aromatic heterocycles. The molecule has 0 aromatic carbocycles. The number of furan rings is 1. The average molecular weight is 336 g/mol. The number of piperidine rings is 1. The maximum absolute atomic E-state index is 12.5. The van der Waals surface area contributed by atoms with E-state index in [2.05, 4.69) is 10.2 Å². The van der Waals surface area contributed by atoms with E-state index in [0.717, 1.165) is 44.7 Å². The van der Waals surface area contributed by atoms with Gasteiger partial charge in [-0.2, -0.15) is 0 Å². The van der Waals surface area contributed by atoms with Crippen LogP contribution in [0.3, 0.4) is 0 Å². The normalized spacial score (nSPS) is 29.5. The number of amides is 1. The van der Waals surface area contributed by atoms with Gasteiger partial charge in [0.25, 0.3) is 0 Å². The highest BCUT2D eigenvalue weighted by molar-refractivity contribution is 5.79. The van der Waals surface area contributed by atoms with E-state index in [0.29, 0.717) is 12.8 Å². The van der Waals surface area contributed by atoms with Crippen molar-refractivity contribution in [2.24, 2.45) is 5.92 Å². The molecule has 3 rings (SSSR count). The Bertz CT molecular complexity index is 511. The van der Waals surface area contributed by atoms with Gasteiger partial charge in [0.2, 0.25) is 5.91 Å². The first-order valence-corrected chi connectivity index (χ1v) is 8.91. The first-order chi connectivity index (χ1) is 11.7. The summed E-state index contributed by atoms with van der Waals surface area (Å²) in [5, 5.41) is 13.1. The Morgan fingerprint density at radius 1 is 1.38 bits per heavy atom. The molecule has 0 spiro atoms. The highest BCUT2D eigenvalue weighted by atomic mass is 16.5. The van der Waals surface area contributed by atoms with Gasteiger partial charge in [0, 0.05) is 32.2 Å². The number of carbonyl (C=O) groups excluding carboxylic acids is 1. The number of nitrogens with one attached hydrogen (secondary N) is 1. The molecule has 2 heterocycles. The number of hydrogen-bond donors (Lipinski definition) is 2. The van der Waals surface area contributed by atoms with Gasteiger partial charge in [-0.1, -0.05) is 0 Å². The van der Waals surface area contributed by atoms with Crippen molar-refractivity contribution in [3.05, 3.63) is 24.2 Å². The van der Waals surface area contributed by atoms with Crippen molar-refractivity contribution in [3.63, 3.8) is 0 Å². The molecule has 0 radical (unpaired) electrons. The Labute approximate surface area is 143 Å². The van der Waals surface area contributed by atoms with Gasteiger partial charge in [0.05, 0.1) is 25.0 Å². The zero-order chi connectivity index (χ0) is 16.9. The first-order valence-electron chi connectivity index (χ1n) is 8.91. The lowest BCUT2D eigenvalue weighted by Gasteiger charge is -2.35. The van der Waals surface area contributed by atoms with Gasteiger partial charge in [-0.3, -0.25) is 9.69 Å². The fraction of sp³-hybridized carbons (Fsp3) is 0.722. The van der Waals surface area contributed by atoms with Gasteiger partial charge >= 0.3 is 0 Å². The van der Waals surface area contributed by atoms with Gasteiger partial charge in [-0.25, -0.2) is 0 Å². The van der Waals surface area contributed by atoms with Gasteiger partial charge in [-0.05, 0) is 44.2 Å². The van der Waals surface area contributed by atoms with Gasteiger partial charge < -0.3 is 19.6 Å². The van der Waals surface area contributed by atoms with Crippen LogP contribution in [0.15, 0.2) is 22.8 Å². The third kappa shape index (κ3) is 4.37. The number of hydrogen-bond acceptors (Lipinski definition) is 5. The van der Waals surface area contributed by atoms with E-state index in [1.54, 1.807) is 13.4 Å². The minimum absolute atomic E-state index is 0.0421. The number of ether oxygens (including phenoxy) is 1.